The minimum Gasteiger partial charge on any atom is -0.447 e. The molecule has 0 amide bonds. The third-order valence-corrected chi connectivity index (χ3v) is 5.80. The van der Waals surface area contributed by atoms with Gasteiger partial charge in [0.2, 0.25) is 8.38 Å². The van der Waals surface area contributed by atoms with Gasteiger partial charge in [0, 0.05) is 6.16 Å². The zero-order chi connectivity index (χ0) is 18.3. The largest absolute Gasteiger partial charge is 0.447 e. The third-order valence-electron chi connectivity index (χ3n) is 4.23. The number of para-hydroxylation sites is 1. The number of unbranched alkanes of at least 4 members (excludes halogenated alkanes) is 4. The summed E-state index contributed by atoms with van der Waals surface area (Å²) in [6.07, 6.45) is 11.2. The van der Waals surface area contributed by atoms with Crippen LogP contribution in [-0.2, 0) is 4.52 Å². The zero-order valence-electron chi connectivity index (χ0n) is 16.9. The van der Waals surface area contributed by atoms with E-state index in [-0.39, 0.29) is 0 Å². The summed E-state index contributed by atoms with van der Waals surface area (Å²) in [5.74, 6) is 2.56. The molecule has 0 fully saturated rings. The van der Waals surface area contributed by atoms with Crippen molar-refractivity contribution in [2.45, 2.75) is 79.1 Å². The van der Waals surface area contributed by atoms with Gasteiger partial charge in [-0.3, -0.25) is 0 Å². The molecule has 0 radical (unpaired) electrons. The molecule has 0 bridgehead atoms. The molecule has 1 aromatic rings. The molecule has 0 aromatic heterocycles. The molecule has 0 saturated heterocycles. The van der Waals surface area contributed by atoms with Crippen molar-refractivity contribution in [3.05, 3.63) is 30.3 Å². The highest BCUT2D eigenvalue weighted by atomic mass is 31.2. The van der Waals surface area contributed by atoms with Crippen LogP contribution in [0.15, 0.2) is 30.3 Å². The number of rotatable bonds is 15. The van der Waals surface area contributed by atoms with Crippen molar-refractivity contribution in [1.82, 2.24) is 0 Å². The Morgan fingerprint density at radius 3 is 1.96 bits per heavy atom. The number of hydrogen-bond donors (Lipinski definition) is 0. The van der Waals surface area contributed by atoms with E-state index in [1.807, 2.05) is 30.3 Å². The summed E-state index contributed by atoms with van der Waals surface area (Å²) in [5.41, 5.74) is 0. The minimum atomic E-state index is -0.802. The molecule has 3 heteroatoms. The third kappa shape index (κ3) is 13.3. The van der Waals surface area contributed by atoms with Crippen molar-refractivity contribution in [3.63, 3.8) is 0 Å². The predicted octanol–water partition coefficient (Wildman–Crippen LogP) is 7.83. The Morgan fingerprint density at radius 2 is 1.36 bits per heavy atom. The molecular formula is C22H39O2P. The van der Waals surface area contributed by atoms with E-state index in [2.05, 4.69) is 27.7 Å². The Labute approximate surface area is 157 Å². The molecule has 144 valence electrons. The van der Waals surface area contributed by atoms with E-state index in [1.165, 1.54) is 44.9 Å². The lowest BCUT2D eigenvalue weighted by Gasteiger charge is -2.18. The second-order valence-electron chi connectivity index (χ2n) is 7.78. The Balaban J connectivity index is 2.27. The first-order valence-corrected chi connectivity index (χ1v) is 11.6. The summed E-state index contributed by atoms with van der Waals surface area (Å²) in [7, 11) is -0.802. The molecule has 25 heavy (non-hydrogen) atoms. The maximum atomic E-state index is 6.13. The first kappa shape index (κ1) is 22.5. The summed E-state index contributed by atoms with van der Waals surface area (Å²) in [4.78, 5) is 0. The zero-order valence-corrected chi connectivity index (χ0v) is 17.8. The average Bonchev–Trinajstić information content (AvgIpc) is 2.57. The highest BCUT2D eigenvalue weighted by Gasteiger charge is 2.12. The van der Waals surface area contributed by atoms with E-state index >= 15 is 0 Å². The monoisotopic (exact) mass is 366 g/mol. The molecule has 0 spiro atoms. The molecule has 1 unspecified atom stereocenters. The Kier molecular flexibility index (Phi) is 13.1. The molecule has 1 aromatic carbocycles. The Hall–Kier alpha value is -0.590. The van der Waals surface area contributed by atoms with Crippen LogP contribution >= 0.6 is 8.38 Å². The standard InChI is InChI=1S/C22H39O2P/c1-20(2)14-8-6-12-18-23-25(19-13-7-9-15-21(3)4)24-22-16-10-5-11-17-22/h5,10-11,16-17,20-21H,6-9,12-15,18-19H2,1-4H3. The predicted molar refractivity (Wildman–Crippen MR) is 111 cm³/mol. The molecule has 0 aliphatic rings. The maximum absolute atomic E-state index is 6.13. The van der Waals surface area contributed by atoms with Gasteiger partial charge >= 0.3 is 0 Å². The van der Waals surface area contributed by atoms with Gasteiger partial charge in [0.25, 0.3) is 0 Å². The molecule has 0 saturated carbocycles. The summed E-state index contributed by atoms with van der Waals surface area (Å²) in [6.45, 7) is 10.0. The van der Waals surface area contributed by atoms with Crippen LogP contribution in [0.3, 0.4) is 0 Å². The highest BCUT2D eigenvalue weighted by Crippen LogP contribution is 2.40. The van der Waals surface area contributed by atoms with Crippen molar-refractivity contribution in [1.29, 1.82) is 0 Å². The van der Waals surface area contributed by atoms with Gasteiger partial charge in [-0.25, -0.2) is 0 Å². The SMILES string of the molecule is CC(C)CCCCCOP(CCCCCC(C)C)Oc1ccccc1. The fourth-order valence-electron chi connectivity index (χ4n) is 2.70. The van der Waals surface area contributed by atoms with E-state index in [0.717, 1.165) is 36.8 Å². The van der Waals surface area contributed by atoms with Gasteiger partial charge in [0.1, 0.15) is 5.75 Å². The Bertz CT molecular complexity index is 406. The maximum Gasteiger partial charge on any atom is 0.230 e. The molecule has 0 aliphatic heterocycles. The van der Waals surface area contributed by atoms with Crippen LogP contribution in [-0.4, -0.2) is 12.8 Å². The highest BCUT2D eigenvalue weighted by molar-refractivity contribution is 7.47. The van der Waals surface area contributed by atoms with Gasteiger partial charge in [0.15, 0.2) is 0 Å². The van der Waals surface area contributed by atoms with Gasteiger partial charge in [-0.1, -0.05) is 84.4 Å². The first-order chi connectivity index (χ1) is 12.1. The van der Waals surface area contributed by atoms with Crippen molar-refractivity contribution in [2.75, 3.05) is 12.8 Å². The van der Waals surface area contributed by atoms with Gasteiger partial charge in [-0.05, 0) is 36.8 Å². The van der Waals surface area contributed by atoms with Gasteiger partial charge in [0.05, 0.1) is 6.61 Å². The van der Waals surface area contributed by atoms with E-state index in [0.29, 0.717) is 0 Å². The fourth-order valence-corrected chi connectivity index (χ4v) is 4.15. The smallest absolute Gasteiger partial charge is 0.230 e. The van der Waals surface area contributed by atoms with Crippen LogP contribution in [0, 0.1) is 11.8 Å². The van der Waals surface area contributed by atoms with E-state index in [4.69, 9.17) is 9.05 Å². The molecule has 1 atom stereocenters. The Morgan fingerprint density at radius 1 is 0.760 bits per heavy atom. The first-order valence-electron chi connectivity index (χ1n) is 10.2. The van der Waals surface area contributed by atoms with Crippen LogP contribution in [0.4, 0.5) is 0 Å². The van der Waals surface area contributed by atoms with E-state index in [1.54, 1.807) is 0 Å². The fraction of sp³-hybridized carbons (Fsp3) is 0.727. The molecule has 2 nitrogen and oxygen atoms in total. The van der Waals surface area contributed by atoms with Crippen molar-refractivity contribution >= 4 is 8.38 Å². The number of benzene rings is 1. The summed E-state index contributed by atoms with van der Waals surface area (Å²) >= 11 is 0. The van der Waals surface area contributed by atoms with Crippen LogP contribution in [0.25, 0.3) is 0 Å². The van der Waals surface area contributed by atoms with Crippen molar-refractivity contribution in [2.24, 2.45) is 11.8 Å². The minimum absolute atomic E-state index is 0.802. The van der Waals surface area contributed by atoms with Crippen LogP contribution in [0.2, 0.25) is 0 Å². The quantitative estimate of drug-likeness (QED) is 0.233. The lowest BCUT2D eigenvalue weighted by molar-refractivity contribution is 0.300. The van der Waals surface area contributed by atoms with Crippen LogP contribution < -0.4 is 4.52 Å². The molecule has 0 heterocycles. The van der Waals surface area contributed by atoms with Crippen LogP contribution in [0.1, 0.15) is 79.1 Å². The normalized spacial score (nSPS) is 12.7. The van der Waals surface area contributed by atoms with E-state index in [9.17, 15) is 0 Å². The van der Waals surface area contributed by atoms with E-state index < -0.39 is 8.38 Å². The van der Waals surface area contributed by atoms with Crippen molar-refractivity contribution in [3.8, 4) is 5.75 Å². The molecule has 0 aliphatic carbocycles. The topological polar surface area (TPSA) is 18.5 Å². The second kappa shape index (κ2) is 14.6. The van der Waals surface area contributed by atoms with Crippen molar-refractivity contribution < 1.29 is 9.05 Å². The summed E-state index contributed by atoms with van der Waals surface area (Å²) in [5, 5.41) is 0. The van der Waals surface area contributed by atoms with Gasteiger partial charge in [-0.2, -0.15) is 0 Å². The lowest BCUT2D eigenvalue weighted by atomic mass is 10.1. The lowest BCUT2D eigenvalue weighted by Crippen LogP contribution is -2.00. The summed E-state index contributed by atoms with van der Waals surface area (Å²) < 4.78 is 12.3. The summed E-state index contributed by atoms with van der Waals surface area (Å²) in [6, 6.07) is 10.1. The van der Waals surface area contributed by atoms with Crippen LogP contribution in [0.5, 0.6) is 5.75 Å². The number of hydrogen-bond acceptors (Lipinski definition) is 2. The molecule has 0 N–H and O–H groups in total. The van der Waals surface area contributed by atoms with Gasteiger partial charge in [-0.15, -0.1) is 0 Å². The molecule has 1 rings (SSSR count). The van der Waals surface area contributed by atoms with Gasteiger partial charge < -0.3 is 9.05 Å². The molecular weight excluding hydrogens is 327 g/mol. The second-order valence-corrected chi connectivity index (χ2v) is 9.33. The average molecular weight is 367 g/mol.